The van der Waals surface area contributed by atoms with Crippen LogP contribution < -0.4 is 11.1 Å². The van der Waals surface area contributed by atoms with E-state index >= 15 is 0 Å². The Kier molecular flexibility index (Phi) is 3.95. The summed E-state index contributed by atoms with van der Waals surface area (Å²) in [7, 11) is 0. The van der Waals surface area contributed by atoms with Crippen molar-refractivity contribution < 1.29 is 14.7 Å². The molecule has 0 aliphatic heterocycles. The maximum atomic E-state index is 10.7. The predicted molar refractivity (Wildman–Crippen MR) is 53.6 cm³/mol. The molecule has 1 amide bonds. The highest BCUT2D eigenvalue weighted by Crippen LogP contribution is 1.92. The van der Waals surface area contributed by atoms with Gasteiger partial charge in [0.05, 0.1) is 18.8 Å². The van der Waals surface area contributed by atoms with Crippen molar-refractivity contribution in [2.75, 3.05) is 6.54 Å². The minimum atomic E-state index is -1.12. The topological polar surface area (TPSA) is 123 Å². The number of nitrogens with zero attached hydrogens (tertiary/aromatic N) is 3. The van der Waals surface area contributed by atoms with Gasteiger partial charge in [-0.15, -0.1) is 5.10 Å². The Labute approximate surface area is 91.4 Å². The number of aromatic carboxylic acids is 1. The molecule has 1 atom stereocenters. The molecule has 0 fully saturated rings. The maximum absolute atomic E-state index is 10.7. The summed E-state index contributed by atoms with van der Waals surface area (Å²) in [6.07, 6.45) is 1.32. The number of rotatable bonds is 6. The summed E-state index contributed by atoms with van der Waals surface area (Å²) in [4.78, 5) is 21.2. The van der Waals surface area contributed by atoms with Gasteiger partial charge in [0.25, 0.3) is 0 Å². The van der Waals surface area contributed by atoms with Crippen molar-refractivity contribution >= 4 is 11.9 Å². The second-order valence-corrected chi connectivity index (χ2v) is 3.25. The number of carboxylic acids is 1. The minimum absolute atomic E-state index is 0.108. The van der Waals surface area contributed by atoms with Crippen molar-refractivity contribution in [2.24, 2.45) is 5.73 Å². The summed E-state index contributed by atoms with van der Waals surface area (Å²) in [6, 6.07) is -0.428. The van der Waals surface area contributed by atoms with E-state index in [4.69, 9.17) is 10.8 Å². The molecule has 0 spiro atoms. The normalized spacial score (nSPS) is 12.3. The third-order valence-electron chi connectivity index (χ3n) is 1.98. The highest BCUT2D eigenvalue weighted by atomic mass is 16.4. The average Bonchev–Trinajstić information content (AvgIpc) is 2.66. The zero-order valence-electron chi connectivity index (χ0n) is 8.75. The lowest BCUT2D eigenvalue weighted by atomic mass is 10.3. The molecule has 88 valence electrons. The van der Waals surface area contributed by atoms with E-state index < -0.39 is 17.9 Å². The first-order chi connectivity index (χ1) is 7.50. The molecule has 0 aliphatic carbocycles. The summed E-state index contributed by atoms with van der Waals surface area (Å²) < 4.78 is 1.38. The lowest BCUT2D eigenvalue weighted by Crippen LogP contribution is -2.40. The highest BCUT2D eigenvalue weighted by Gasteiger charge is 2.09. The fourth-order valence-electron chi connectivity index (χ4n) is 1.00. The first kappa shape index (κ1) is 12.1. The van der Waals surface area contributed by atoms with Gasteiger partial charge >= 0.3 is 5.97 Å². The van der Waals surface area contributed by atoms with E-state index in [0.717, 1.165) is 0 Å². The molecule has 0 bridgehead atoms. The molecule has 0 saturated heterocycles. The van der Waals surface area contributed by atoms with Crippen molar-refractivity contribution in [1.29, 1.82) is 0 Å². The fraction of sp³-hybridized carbons (Fsp3) is 0.500. The number of hydrogen-bond acceptors (Lipinski definition) is 5. The van der Waals surface area contributed by atoms with Crippen LogP contribution in [0.2, 0.25) is 0 Å². The number of carboxylic acid groups (broad SMARTS) is 1. The molecule has 0 aliphatic rings. The van der Waals surface area contributed by atoms with Gasteiger partial charge < -0.3 is 16.2 Å². The predicted octanol–water partition coefficient (Wildman–Crippen LogP) is -1.56. The second kappa shape index (κ2) is 5.21. The number of carbonyl (C=O) groups excluding carboxylic acids is 1. The Balaban J connectivity index is 2.37. The van der Waals surface area contributed by atoms with Crippen LogP contribution in [0, 0.1) is 0 Å². The SMILES string of the molecule is CC(NCCn1cc(C(=O)O)nn1)C(N)=O. The molecular weight excluding hydrogens is 214 g/mol. The first-order valence-corrected chi connectivity index (χ1v) is 4.67. The van der Waals surface area contributed by atoms with Crippen molar-refractivity contribution in [3.8, 4) is 0 Å². The molecule has 8 heteroatoms. The Hall–Kier alpha value is -1.96. The molecule has 1 aromatic rings. The third kappa shape index (κ3) is 3.31. The molecule has 1 unspecified atom stereocenters. The van der Waals surface area contributed by atoms with Gasteiger partial charge in [0.1, 0.15) is 0 Å². The van der Waals surface area contributed by atoms with Gasteiger partial charge in [0.15, 0.2) is 5.69 Å². The van der Waals surface area contributed by atoms with Gasteiger partial charge in [-0.25, -0.2) is 4.79 Å². The van der Waals surface area contributed by atoms with Crippen molar-refractivity contribution in [3.05, 3.63) is 11.9 Å². The molecular formula is C8H13N5O3. The monoisotopic (exact) mass is 227 g/mol. The van der Waals surface area contributed by atoms with Crippen LogP contribution in [-0.4, -0.2) is 44.6 Å². The largest absolute Gasteiger partial charge is 0.476 e. The number of aromatic nitrogens is 3. The molecule has 0 saturated carbocycles. The Bertz CT molecular complexity index is 389. The third-order valence-corrected chi connectivity index (χ3v) is 1.98. The van der Waals surface area contributed by atoms with Crippen LogP contribution in [0.3, 0.4) is 0 Å². The van der Waals surface area contributed by atoms with Gasteiger partial charge in [0, 0.05) is 6.54 Å². The molecule has 4 N–H and O–H groups in total. The molecule has 8 nitrogen and oxygen atoms in total. The maximum Gasteiger partial charge on any atom is 0.358 e. The summed E-state index contributed by atoms with van der Waals surface area (Å²) in [5, 5.41) is 18.5. The Morgan fingerprint density at radius 3 is 2.88 bits per heavy atom. The summed E-state index contributed by atoms with van der Waals surface area (Å²) >= 11 is 0. The Morgan fingerprint density at radius 2 is 2.38 bits per heavy atom. The zero-order valence-corrected chi connectivity index (χ0v) is 8.75. The summed E-state index contributed by atoms with van der Waals surface area (Å²) in [6.45, 7) is 2.51. The standard InChI is InChI=1S/C8H13N5O3/c1-5(7(9)14)10-2-3-13-4-6(8(15)16)11-12-13/h4-5,10H,2-3H2,1H3,(H2,9,14)(H,15,16). The number of carbonyl (C=O) groups is 2. The molecule has 1 rings (SSSR count). The van der Waals surface area contributed by atoms with Gasteiger partial charge in [0.2, 0.25) is 5.91 Å². The zero-order chi connectivity index (χ0) is 12.1. The van der Waals surface area contributed by atoms with E-state index in [1.54, 1.807) is 6.92 Å². The fourth-order valence-corrected chi connectivity index (χ4v) is 1.00. The van der Waals surface area contributed by atoms with Gasteiger partial charge in [-0.3, -0.25) is 9.48 Å². The van der Waals surface area contributed by atoms with Gasteiger partial charge in [-0.2, -0.15) is 0 Å². The van der Waals surface area contributed by atoms with Crippen LogP contribution in [0.4, 0.5) is 0 Å². The lowest BCUT2D eigenvalue weighted by molar-refractivity contribution is -0.119. The van der Waals surface area contributed by atoms with Crippen LogP contribution in [0.25, 0.3) is 0 Å². The van der Waals surface area contributed by atoms with Gasteiger partial charge in [-0.1, -0.05) is 5.21 Å². The van der Waals surface area contributed by atoms with Crippen molar-refractivity contribution in [2.45, 2.75) is 19.5 Å². The van der Waals surface area contributed by atoms with E-state index in [2.05, 4.69) is 15.6 Å². The lowest BCUT2D eigenvalue weighted by Gasteiger charge is -2.08. The molecule has 1 aromatic heterocycles. The van der Waals surface area contributed by atoms with E-state index in [0.29, 0.717) is 13.1 Å². The average molecular weight is 227 g/mol. The van der Waals surface area contributed by atoms with E-state index in [-0.39, 0.29) is 5.69 Å². The van der Waals surface area contributed by atoms with Crippen LogP contribution >= 0.6 is 0 Å². The number of hydrogen-bond donors (Lipinski definition) is 3. The number of primary amides is 1. The summed E-state index contributed by atoms with van der Waals surface area (Å²) in [5.74, 6) is -1.56. The second-order valence-electron chi connectivity index (χ2n) is 3.25. The van der Waals surface area contributed by atoms with Crippen molar-refractivity contribution in [1.82, 2.24) is 20.3 Å². The van der Waals surface area contributed by atoms with Crippen LogP contribution in [-0.2, 0) is 11.3 Å². The molecule has 0 radical (unpaired) electrons. The smallest absolute Gasteiger partial charge is 0.358 e. The molecule has 0 aromatic carbocycles. The minimum Gasteiger partial charge on any atom is -0.476 e. The van der Waals surface area contributed by atoms with E-state index in [1.807, 2.05) is 0 Å². The van der Waals surface area contributed by atoms with Crippen molar-refractivity contribution in [3.63, 3.8) is 0 Å². The highest BCUT2D eigenvalue weighted by molar-refractivity contribution is 5.84. The quantitative estimate of drug-likeness (QED) is 0.540. The van der Waals surface area contributed by atoms with Crippen LogP contribution in [0.15, 0.2) is 6.20 Å². The molecule has 16 heavy (non-hydrogen) atoms. The Morgan fingerprint density at radius 1 is 1.69 bits per heavy atom. The number of nitrogens with one attached hydrogen (secondary N) is 1. The summed E-state index contributed by atoms with van der Waals surface area (Å²) in [5.41, 5.74) is 4.94. The van der Waals surface area contributed by atoms with Crippen LogP contribution in [0.5, 0.6) is 0 Å². The van der Waals surface area contributed by atoms with E-state index in [1.165, 1.54) is 10.9 Å². The number of nitrogens with two attached hydrogens (primary N) is 1. The number of amides is 1. The van der Waals surface area contributed by atoms with E-state index in [9.17, 15) is 9.59 Å². The first-order valence-electron chi connectivity index (χ1n) is 4.67. The molecule has 1 heterocycles. The van der Waals surface area contributed by atoms with Gasteiger partial charge in [-0.05, 0) is 6.92 Å². The van der Waals surface area contributed by atoms with Crippen LogP contribution in [0.1, 0.15) is 17.4 Å².